The molecule has 32 heavy (non-hydrogen) atoms. The van der Waals surface area contributed by atoms with Gasteiger partial charge >= 0.3 is 0 Å². The average molecular weight is 445 g/mol. The van der Waals surface area contributed by atoms with E-state index in [-0.39, 0.29) is 0 Å². The summed E-state index contributed by atoms with van der Waals surface area (Å²) in [6.07, 6.45) is 35.7. The predicted octanol–water partition coefficient (Wildman–Crippen LogP) is 8.48. The molecule has 0 aliphatic heterocycles. The van der Waals surface area contributed by atoms with Gasteiger partial charge in [0.15, 0.2) is 0 Å². The van der Waals surface area contributed by atoms with E-state index in [4.69, 9.17) is 0 Å². The average Bonchev–Trinajstić information content (AvgIpc) is 2.88. The Balaban J connectivity index is 1.19. The summed E-state index contributed by atoms with van der Waals surface area (Å²) in [5.41, 5.74) is 0. The van der Waals surface area contributed by atoms with E-state index in [1.807, 2.05) is 0 Å². The van der Waals surface area contributed by atoms with Gasteiger partial charge in [-0.05, 0) is 77.3 Å². The minimum absolute atomic E-state index is 0.931. The second kappa shape index (κ2) is 14.3. The zero-order chi connectivity index (χ0) is 21.8. The first-order valence-electron chi connectivity index (χ1n) is 15.4. The minimum Gasteiger partial charge on any atom is -0.297 e. The van der Waals surface area contributed by atoms with Crippen molar-refractivity contribution in [2.75, 3.05) is 13.1 Å². The molecule has 0 bridgehead atoms. The predicted molar refractivity (Wildman–Crippen MR) is 139 cm³/mol. The highest BCUT2D eigenvalue weighted by Crippen LogP contribution is 2.32. The highest BCUT2D eigenvalue weighted by Gasteiger charge is 2.29. The maximum Gasteiger partial charge on any atom is 0.00981 e. The van der Waals surface area contributed by atoms with Crippen LogP contribution < -0.4 is 0 Å². The van der Waals surface area contributed by atoms with Crippen molar-refractivity contribution in [3.63, 3.8) is 0 Å². The van der Waals surface area contributed by atoms with E-state index in [1.165, 1.54) is 167 Å². The topological polar surface area (TPSA) is 6.48 Å². The van der Waals surface area contributed by atoms with Crippen molar-refractivity contribution in [1.29, 1.82) is 0 Å². The lowest BCUT2D eigenvalue weighted by atomic mass is 9.88. The molecule has 2 nitrogen and oxygen atoms in total. The highest BCUT2D eigenvalue weighted by molar-refractivity contribution is 4.85. The van der Waals surface area contributed by atoms with Crippen LogP contribution in [-0.4, -0.2) is 47.1 Å². The first-order chi connectivity index (χ1) is 15.9. The van der Waals surface area contributed by atoms with Gasteiger partial charge in [-0.15, -0.1) is 0 Å². The molecular weight excluding hydrogens is 388 g/mol. The van der Waals surface area contributed by atoms with Crippen molar-refractivity contribution in [2.24, 2.45) is 0 Å². The molecule has 4 aliphatic rings. The van der Waals surface area contributed by atoms with Gasteiger partial charge in [-0.1, -0.05) is 89.9 Å². The molecule has 0 N–H and O–H groups in total. The van der Waals surface area contributed by atoms with Gasteiger partial charge in [-0.25, -0.2) is 0 Å². The quantitative estimate of drug-likeness (QED) is 0.295. The lowest BCUT2D eigenvalue weighted by Gasteiger charge is -2.42. The largest absolute Gasteiger partial charge is 0.297 e. The van der Waals surface area contributed by atoms with Gasteiger partial charge in [0.05, 0.1) is 0 Å². The van der Waals surface area contributed by atoms with Crippen LogP contribution in [0.3, 0.4) is 0 Å². The van der Waals surface area contributed by atoms with E-state index in [0.717, 1.165) is 24.2 Å². The smallest absolute Gasteiger partial charge is 0.00981 e. The van der Waals surface area contributed by atoms with Crippen LogP contribution in [0.4, 0.5) is 0 Å². The second-order valence-corrected chi connectivity index (χ2v) is 12.1. The molecule has 4 rings (SSSR count). The van der Waals surface area contributed by atoms with Gasteiger partial charge in [0, 0.05) is 24.2 Å². The molecule has 0 unspecified atom stereocenters. The highest BCUT2D eigenvalue weighted by atomic mass is 15.2. The Morgan fingerprint density at radius 3 is 0.812 bits per heavy atom. The maximum absolute atomic E-state index is 3.04. The van der Waals surface area contributed by atoms with Crippen LogP contribution in [0.15, 0.2) is 0 Å². The lowest BCUT2D eigenvalue weighted by molar-refractivity contribution is 0.0747. The molecule has 0 aromatic heterocycles. The van der Waals surface area contributed by atoms with Crippen LogP contribution in [0.5, 0.6) is 0 Å². The van der Waals surface area contributed by atoms with E-state index in [0.29, 0.717) is 0 Å². The van der Waals surface area contributed by atoms with Gasteiger partial charge in [0.1, 0.15) is 0 Å². The van der Waals surface area contributed by atoms with Crippen molar-refractivity contribution in [3.8, 4) is 0 Å². The molecule has 4 saturated carbocycles. The molecular formula is C30H56N2. The van der Waals surface area contributed by atoms with E-state index in [9.17, 15) is 0 Å². The third kappa shape index (κ3) is 7.72. The van der Waals surface area contributed by atoms with Gasteiger partial charge in [0.25, 0.3) is 0 Å². The number of hydrogen-bond acceptors (Lipinski definition) is 2. The first-order valence-corrected chi connectivity index (χ1v) is 15.4. The Kier molecular flexibility index (Phi) is 11.2. The summed E-state index contributed by atoms with van der Waals surface area (Å²) in [5, 5.41) is 0. The molecule has 186 valence electrons. The van der Waals surface area contributed by atoms with Gasteiger partial charge in [-0.3, -0.25) is 9.80 Å². The zero-order valence-corrected chi connectivity index (χ0v) is 21.6. The van der Waals surface area contributed by atoms with Gasteiger partial charge in [-0.2, -0.15) is 0 Å². The van der Waals surface area contributed by atoms with E-state index >= 15 is 0 Å². The van der Waals surface area contributed by atoms with Gasteiger partial charge < -0.3 is 0 Å². The molecule has 4 aliphatic carbocycles. The van der Waals surface area contributed by atoms with E-state index in [2.05, 4.69) is 9.80 Å². The molecule has 0 atom stereocenters. The fraction of sp³-hybridized carbons (Fsp3) is 1.00. The van der Waals surface area contributed by atoms with Crippen molar-refractivity contribution in [3.05, 3.63) is 0 Å². The molecule has 0 radical (unpaired) electrons. The van der Waals surface area contributed by atoms with Crippen LogP contribution in [0.25, 0.3) is 0 Å². The summed E-state index contributed by atoms with van der Waals surface area (Å²) in [6, 6.07) is 3.72. The van der Waals surface area contributed by atoms with Crippen LogP contribution in [0.2, 0.25) is 0 Å². The summed E-state index contributed by atoms with van der Waals surface area (Å²) in [4.78, 5) is 6.07. The third-order valence-corrected chi connectivity index (χ3v) is 9.76. The maximum atomic E-state index is 3.04. The summed E-state index contributed by atoms with van der Waals surface area (Å²) in [6.45, 7) is 2.81. The molecule has 0 aromatic rings. The molecule has 2 heteroatoms. The standard InChI is InChI=1S/C30H56N2/c1(15-25-31(27-17-7-3-8-18-27)28-19-9-4-10-20-28)2-16-26-32(29-21-11-5-12-22-29)30-23-13-6-14-24-30/h27-30H,1-26H2. The first kappa shape index (κ1) is 25.0. The van der Waals surface area contributed by atoms with E-state index < -0.39 is 0 Å². The molecule has 0 heterocycles. The monoisotopic (exact) mass is 444 g/mol. The fourth-order valence-corrected chi connectivity index (χ4v) is 7.92. The van der Waals surface area contributed by atoms with Crippen LogP contribution in [0, 0.1) is 0 Å². The summed E-state index contributed by atoms with van der Waals surface area (Å²) in [7, 11) is 0. The lowest BCUT2D eigenvalue weighted by Crippen LogP contribution is -2.46. The SMILES string of the molecule is C1CCC(N(CCCCCCN(C2CCCCC2)C2CCCCC2)C2CCCCC2)CC1. The molecule has 0 aromatic carbocycles. The van der Waals surface area contributed by atoms with Crippen LogP contribution in [0.1, 0.15) is 154 Å². The summed E-state index contributed by atoms with van der Waals surface area (Å²) >= 11 is 0. The van der Waals surface area contributed by atoms with Crippen molar-refractivity contribution >= 4 is 0 Å². The Hall–Kier alpha value is -0.0800. The number of nitrogens with zero attached hydrogens (tertiary/aromatic N) is 2. The Labute approximate surface area is 201 Å². The van der Waals surface area contributed by atoms with Crippen molar-refractivity contribution < 1.29 is 0 Å². The van der Waals surface area contributed by atoms with Gasteiger partial charge in [0.2, 0.25) is 0 Å². The summed E-state index contributed by atoms with van der Waals surface area (Å²) < 4.78 is 0. The number of rotatable bonds is 11. The Bertz CT molecular complexity index is 387. The third-order valence-electron chi connectivity index (χ3n) is 9.76. The fourth-order valence-electron chi connectivity index (χ4n) is 7.92. The van der Waals surface area contributed by atoms with E-state index in [1.54, 1.807) is 0 Å². The molecule has 0 amide bonds. The molecule has 4 fully saturated rings. The van der Waals surface area contributed by atoms with Crippen LogP contribution in [-0.2, 0) is 0 Å². The zero-order valence-electron chi connectivity index (χ0n) is 21.6. The minimum atomic E-state index is 0.931. The number of hydrogen-bond donors (Lipinski definition) is 0. The summed E-state index contributed by atoms with van der Waals surface area (Å²) in [5.74, 6) is 0. The number of unbranched alkanes of at least 4 members (excludes halogenated alkanes) is 3. The Morgan fingerprint density at radius 2 is 0.562 bits per heavy atom. The normalized spacial score (nSPS) is 25.7. The van der Waals surface area contributed by atoms with Crippen molar-refractivity contribution in [1.82, 2.24) is 9.80 Å². The second-order valence-electron chi connectivity index (χ2n) is 12.1. The Morgan fingerprint density at radius 1 is 0.312 bits per heavy atom. The van der Waals surface area contributed by atoms with Crippen LogP contribution >= 0.6 is 0 Å². The van der Waals surface area contributed by atoms with Crippen molar-refractivity contribution in [2.45, 2.75) is 178 Å². The molecule has 0 saturated heterocycles. The molecule has 0 spiro atoms.